The number of nitro benzene ring substituents is 2. The molecule has 1 N–H and O–H groups in total. The van der Waals surface area contributed by atoms with Crippen LogP contribution in [0.5, 0.6) is 0 Å². The Balaban J connectivity index is 0.000000122. The van der Waals surface area contributed by atoms with Crippen LogP contribution in [-0.4, -0.2) is 52.8 Å². The Labute approximate surface area is 500 Å². The van der Waals surface area contributed by atoms with Gasteiger partial charge in [-0.2, -0.15) is 0 Å². The van der Waals surface area contributed by atoms with Crippen LogP contribution in [0.2, 0.25) is 0 Å². The van der Waals surface area contributed by atoms with Crippen LogP contribution in [0, 0.1) is 23.8 Å². The van der Waals surface area contributed by atoms with Crippen LogP contribution >= 0.6 is 22.6 Å². The van der Waals surface area contributed by atoms with E-state index in [0.29, 0.717) is 49.8 Å². The van der Waals surface area contributed by atoms with Crippen molar-refractivity contribution in [3.63, 3.8) is 0 Å². The summed E-state index contributed by atoms with van der Waals surface area (Å²) in [6.45, 7) is 0. The Morgan fingerprint density at radius 3 is 1.56 bits per heavy atom. The van der Waals surface area contributed by atoms with Crippen LogP contribution in [-0.2, 0) is 17.1 Å². The average Bonchev–Trinajstić information content (AvgIpc) is 1.96. The van der Waals surface area contributed by atoms with Gasteiger partial charge in [0.2, 0.25) is 0 Å². The quantitative estimate of drug-likeness (QED) is 0.0561. The molecule has 12 aromatic rings. The molecule has 9 aromatic carbocycles. The predicted molar refractivity (Wildman–Crippen MR) is 324 cm³/mol. The summed E-state index contributed by atoms with van der Waals surface area (Å²) in [6.07, 6.45) is 0.0549. The number of ketones is 4. The maximum absolute atomic E-state index is 13.4. The number of carbonyl (C=O) groups excluding carboxylic acids is 5. The van der Waals surface area contributed by atoms with E-state index in [1.165, 1.54) is 28.8 Å². The molecule has 15 rings (SSSR count). The SMILES string of the molecule is O=C(Nc1ccccc1[N+](=O)[O-])c1ccccc1I.O=C1CC(=O)c2ccccc21.O=C1c2ccccc2-c2c1c1ccccc1c(=O)n2-c1ccccc1[N+](=O)[O-].O=C1c2ccccc2-c2c1c1ccccc1c1nc3ccccc3n21.[Fe]. The smallest absolute Gasteiger partial charge is 0.293 e. The summed E-state index contributed by atoms with van der Waals surface area (Å²) in [5.74, 6) is -0.550. The van der Waals surface area contributed by atoms with Crippen molar-refractivity contribution < 1.29 is 50.9 Å². The van der Waals surface area contributed by atoms with Crippen LogP contribution < -0.4 is 10.9 Å². The number of imidazole rings is 1. The molecule has 0 bridgehead atoms. The molecular formula is C66H39FeIN6O10. The van der Waals surface area contributed by atoms with Gasteiger partial charge in [0.05, 0.1) is 55.4 Å². The maximum atomic E-state index is 13.4. The van der Waals surface area contributed by atoms with E-state index < -0.39 is 15.4 Å². The molecule has 408 valence electrons. The second kappa shape index (κ2) is 22.9. The molecule has 3 aliphatic rings. The summed E-state index contributed by atoms with van der Waals surface area (Å²) >= 11 is 2.05. The van der Waals surface area contributed by atoms with Crippen LogP contribution in [0.1, 0.15) is 69.3 Å². The van der Waals surface area contributed by atoms with Crippen LogP contribution in [0.3, 0.4) is 0 Å². The standard InChI is InChI=1S/C22H12N2O4.C22H12N2O.C13H9IN2O3.C9H6O2.Fe/c25-21-15-9-3-2-8-14(15)20-19(21)13-7-1-4-10-16(13)22(26)23(20)17-11-5-6-12-18(17)24(27)28;25-21-15-9-3-2-8-14(15)20-19(21)13-7-1-4-10-16(13)22-23-17-11-5-6-12-18(17)24(20)22;14-10-6-2-1-5-9(10)13(17)15-11-7-3-4-8-12(11)16(18)19;10-8-5-9(11)7-4-2-1-3-6(7)8;/h1-12H;1-12H;1-8H,(H,15,17);1-4H,5H2;. The first-order valence-electron chi connectivity index (χ1n) is 25.8. The fourth-order valence-electron chi connectivity index (χ4n) is 10.8. The maximum Gasteiger partial charge on any atom is 0.293 e. The Bertz CT molecular complexity index is 4850. The Morgan fingerprint density at radius 1 is 0.488 bits per heavy atom. The molecule has 0 spiro atoms. The number of nitrogens with zero attached hydrogens (tertiary/aromatic N) is 5. The van der Waals surface area contributed by atoms with Gasteiger partial charge in [0.15, 0.2) is 23.1 Å². The minimum absolute atomic E-state index is 0. The minimum Gasteiger partial charge on any atom is -0.316 e. The number of benzene rings is 9. The topological polar surface area (TPSA) is 223 Å². The molecule has 1 amide bonds. The number of nitro groups is 2. The van der Waals surface area contributed by atoms with E-state index in [0.717, 1.165) is 53.4 Å². The van der Waals surface area contributed by atoms with E-state index in [1.807, 2.05) is 95.4 Å². The third-order valence-electron chi connectivity index (χ3n) is 14.5. The average molecular weight is 1260 g/mol. The number of pyridine rings is 2. The van der Waals surface area contributed by atoms with E-state index >= 15 is 0 Å². The number of Topliss-reactive ketones (excluding diaryl/α,β-unsaturated/α-hetero) is 2. The van der Waals surface area contributed by atoms with Crippen molar-refractivity contribution in [2.45, 2.75) is 6.42 Å². The second-order valence-corrected chi connectivity index (χ2v) is 20.4. The molecule has 0 aliphatic heterocycles. The zero-order valence-electron chi connectivity index (χ0n) is 43.5. The molecule has 3 aromatic heterocycles. The number of hydrogen-bond acceptors (Lipinski definition) is 11. The van der Waals surface area contributed by atoms with Crippen LogP contribution in [0.4, 0.5) is 17.1 Å². The first-order chi connectivity index (χ1) is 40.3. The molecule has 18 heteroatoms. The van der Waals surface area contributed by atoms with Crippen LogP contribution in [0.15, 0.2) is 223 Å². The van der Waals surface area contributed by atoms with E-state index in [2.05, 4.69) is 15.8 Å². The molecule has 0 saturated heterocycles. The van der Waals surface area contributed by atoms with E-state index in [4.69, 9.17) is 4.98 Å². The van der Waals surface area contributed by atoms with Gasteiger partial charge >= 0.3 is 0 Å². The fourth-order valence-corrected chi connectivity index (χ4v) is 11.5. The van der Waals surface area contributed by atoms with Crippen molar-refractivity contribution >= 4 is 107 Å². The number of anilines is 1. The van der Waals surface area contributed by atoms with Crippen molar-refractivity contribution in [2.24, 2.45) is 0 Å². The summed E-state index contributed by atoms with van der Waals surface area (Å²) in [5.41, 5.74) is 9.54. The molecule has 0 atom stereocenters. The Kier molecular flexibility index (Phi) is 15.1. The summed E-state index contributed by atoms with van der Waals surface area (Å²) in [6, 6.07) is 64.0. The largest absolute Gasteiger partial charge is 0.316 e. The third kappa shape index (κ3) is 9.62. The molecule has 0 fully saturated rings. The van der Waals surface area contributed by atoms with E-state index in [1.54, 1.807) is 115 Å². The molecule has 0 unspecified atom stereocenters. The zero-order valence-corrected chi connectivity index (χ0v) is 46.8. The normalized spacial score (nSPS) is 12.1. The van der Waals surface area contributed by atoms with Gasteiger partial charge in [-0.05, 0) is 70.4 Å². The second-order valence-electron chi connectivity index (χ2n) is 19.2. The van der Waals surface area contributed by atoms with E-state index in [9.17, 15) is 49.0 Å². The summed E-state index contributed by atoms with van der Waals surface area (Å²) < 4.78 is 4.24. The van der Waals surface area contributed by atoms with Gasteiger partial charge < -0.3 is 5.32 Å². The van der Waals surface area contributed by atoms with Gasteiger partial charge in [0.25, 0.3) is 22.8 Å². The molecule has 0 saturated carbocycles. The van der Waals surface area contributed by atoms with Crippen molar-refractivity contribution in [3.8, 4) is 28.2 Å². The zero-order chi connectivity index (χ0) is 57.6. The number of fused-ring (bicyclic) bond motifs is 16. The van der Waals surface area contributed by atoms with Crippen LogP contribution in [0.25, 0.3) is 66.4 Å². The van der Waals surface area contributed by atoms with Gasteiger partial charge in [0, 0.05) is 82.3 Å². The molecule has 16 nitrogen and oxygen atoms in total. The van der Waals surface area contributed by atoms with Crippen molar-refractivity contribution in [3.05, 3.63) is 291 Å². The number of amides is 1. The van der Waals surface area contributed by atoms with E-state index in [-0.39, 0.29) is 75.3 Å². The number of hydrogen-bond donors (Lipinski definition) is 1. The monoisotopic (exact) mass is 1260 g/mol. The molecule has 0 radical (unpaired) electrons. The molecule has 84 heavy (non-hydrogen) atoms. The van der Waals surface area contributed by atoms with Gasteiger partial charge in [-0.25, -0.2) is 4.98 Å². The van der Waals surface area contributed by atoms with Gasteiger partial charge in [-0.3, -0.25) is 58.0 Å². The third-order valence-corrected chi connectivity index (χ3v) is 15.4. The number of halogens is 1. The predicted octanol–water partition coefficient (Wildman–Crippen LogP) is 13.9. The van der Waals surface area contributed by atoms with Gasteiger partial charge in [0.1, 0.15) is 17.0 Å². The van der Waals surface area contributed by atoms with Crippen molar-refractivity contribution in [1.82, 2.24) is 14.0 Å². The Hall–Kier alpha value is -10.4. The van der Waals surface area contributed by atoms with Gasteiger partial charge in [-0.15, -0.1) is 0 Å². The van der Waals surface area contributed by atoms with Crippen molar-refractivity contribution in [1.29, 1.82) is 0 Å². The first kappa shape index (κ1) is 55.5. The number of para-hydroxylation sites is 6. The summed E-state index contributed by atoms with van der Waals surface area (Å²) in [7, 11) is 0. The molecular weight excluding hydrogens is 1220 g/mol. The summed E-state index contributed by atoms with van der Waals surface area (Å²) in [5, 5.41) is 27.9. The van der Waals surface area contributed by atoms with Gasteiger partial charge in [-0.1, -0.05) is 164 Å². The number of rotatable bonds is 5. The fraction of sp³-hybridized carbons (Fsp3) is 0.0152. The summed E-state index contributed by atoms with van der Waals surface area (Å²) in [4.78, 5) is 100. The number of aromatic nitrogens is 3. The minimum atomic E-state index is -0.522. The van der Waals surface area contributed by atoms with Crippen molar-refractivity contribution in [2.75, 3.05) is 5.32 Å². The Morgan fingerprint density at radius 2 is 0.940 bits per heavy atom. The molecule has 3 heterocycles. The molecule has 3 aliphatic carbocycles. The first-order valence-corrected chi connectivity index (χ1v) is 26.9. The number of nitrogens with one attached hydrogen (secondary N) is 1. The number of carbonyl (C=O) groups is 5.